The highest BCUT2D eigenvalue weighted by atomic mass is 16.6. The third kappa shape index (κ3) is 9.42. The topological polar surface area (TPSA) is 114 Å². The van der Waals surface area contributed by atoms with Gasteiger partial charge < -0.3 is 25.0 Å². The number of nitrogens with zero attached hydrogens (tertiary/aromatic N) is 1. The molecule has 35 heavy (non-hydrogen) atoms. The Bertz CT molecular complexity index is 915. The van der Waals surface area contributed by atoms with Gasteiger partial charge in [-0.3, -0.25) is 14.4 Å². The first-order chi connectivity index (χ1) is 16.2. The van der Waals surface area contributed by atoms with Gasteiger partial charge in [-0.15, -0.1) is 6.58 Å². The van der Waals surface area contributed by atoms with Crippen LogP contribution >= 0.6 is 0 Å². The summed E-state index contributed by atoms with van der Waals surface area (Å²) >= 11 is 0. The Labute approximate surface area is 208 Å². The zero-order chi connectivity index (χ0) is 26.9. The van der Waals surface area contributed by atoms with Gasteiger partial charge in [-0.1, -0.05) is 49.2 Å². The van der Waals surface area contributed by atoms with E-state index in [1.165, 1.54) is 18.1 Å². The lowest BCUT2D eigenvalue weighted by Gasteiger charge is -2.35. The molecule has 0 spiro atoms. The molecule has 0 aliphatic carbocycles. The molecule has 194 valence electrons. The van der Waals surface area contributed by atoms with E-state index in [9.17, 15) is 19.2 Å². The van der Waals surface area contributed by atoms with Crippen LogP contribution in [-0.4, -0.2) is 60.6 Å². The van der Waals surface area contributed by atoms with E-state index in [0.29, 0.717) is 5.56 Å². The summed E-state index contributed by atoms with van der Waals surface area (Å²) in [6.07, 6.45) is 0.771. The van der Waals surface area contributed by atoms with Gasteiger partial charge in [0.05, 0.1) is 7.11 Å². The number of hydrogen-bond donors (Lipinski definition) is 2. The molecule has 0 radical (unpaired) electrons. The molecular formula is C26H39N3O6. The number of aryl methyl sites for hydroxylation is 2. The van der Waals surface area contributed by atoms with Crippen LogP contribution in [0.15, 0.2) is 30.9 Å². The molecule has 2 N–H and O–H groups in total. The molecule has 3 amide bonds. The Hall–Kier alpha value is -3.36. The first-order valence-corrected chi connectivity index (χ1v) is 11.5. The van der Waals surface area contributed by atoms with E-state index in [1.807, 2.05) is 32.0 Å². The fraction of sp³-hybridized carbons (Fsp3) is 0.538. The molecule has 2 atom stereocenters. The van der Waals surface area contributed by atoms with E-state index in [4.69, 9.17) is 4.74 Å². The number of hydrogen-bond acceptors (Lipinski definition) is 6. The van der Waals surface area contributed by atoms with Gasteiger partial charge in [-0.05, 0) is 46.1 Å². The number of esters is 1. The number of carbonyl (C=O) groups excluding carboxylic acids is 4. The largest absolute Gasteiger partial charge is 0.468 e. The number of amides is 3. The van der Waals surface area contributed by atoms with Crippen molar-refractivity contribution in [1.29, 1.82) is 0 Å². The van der Waals surface area contributed by atoms with Crippen molar-refractivity contribution in [3.05, 3.63) is 47.5 Å². The summed E-state index contributed by atoms with van der Waals surface area (Å²) in [7, 11) is 1.22. The lowest BCUT2D eigenvalue weighted by atomic mass is 9.96. The molecule has 0 aromatic heterocycles. The summed E-state index contributed by atoms with van der Waals surface area (Å²) in [5.74, 6) is -1.97. The maximum atomic E-state index is 13.8. The molecule has 9 nitrogen and oxygen atoms in total. The molecule has 1 rings (SSSR count). The Kier molecular flexibility index (Phi) is 11.0. The van der Waals surface area contributed by atoms with Crippen molar-refractivity contribution < 1.29 is 28.7 Å². The fourth-order valence-electron chi connectivity index (χ4n) is 3.56. The van der Waals surface area contributed by atoms with Crippen LogP contribution in [0.2, 0.25) is 0 Å². The second-order valence-corrected chi connectivity index (χ2v) is 9.76. The number of rotatable bonds is 10. The molecule has 0 fully saturated rings. The van der Waals surface area contributed by atoms with E-state index in [0.717, 1.165) is 11.1 Å². The van der Waals surface area contributed by atoms with Gasteiger partial charge in [-0.25, -0.2) is 4.79 Å². The molecule has 1 aromatic rings. The summed E-state index contributed by atoms with van der Waals surface area (Å²) in [6, 6.07) is 3.53. The van der Waals surface area contributed by atoms with Crippen molar-refractivity contribution in [2.45, 2.75) is 66.2 Å². The quantitative estimate of drug-likeness (QED) is 0.385. The SMILES string of the molecule is C=CCN(C(=O)C(NC(=O)OC(C)(C)C)C(C)C)C(C(=O)NCC(=O)OC)c1cc(C)cc(C)c1. The number of alkyl carbamates (subject to hydrolysis) is 1. The first kappa shape index (κ1) is 29.7. The van der Waals surface area contributed by atoms with Gasteiger partial charge in [0.25, 0.3) is 0 Å². The average Bonchev–Trinajstić information content (AvgIpc) is 2.72. The summed E-state index contributed by atoms with van der Waals surface area (Å²) in [5.41, 5.74) is 1.64. The van der Waals surface area contributed by atoms with Crippen molar-refractivity contribution in [1.82, 2.24) is 15.5 Å². The summed E-state index contributed by atoms with van der Waals surface area (Å²) < 4.78 is 9.96. The number of ether oxygens (including phenoxy) is 2. The Balaban J connectivity index is 3.47. The van der Waals surface area contributed by atoms with Gasteiger partial charge in [0.2, 0.25) is 11.8 Å². The van der Waals surface area contributed by atoms with Gasteiger partial charge in [0, 0.05) is 6.54 Å². The predicted molar refractivity (Wildman–Crippen MR) is 134 cm³/mol. The lowest BCUT2D eigenvalue weighted by Crippen LogP contribution is -2.55. The highest BCUT2D eigenvalue weighted by Gasteiger charge is 2.37. The number of carbonyl (C=O) groups is 4. The molecule has 9 heteroatoms. The van der Waals surface area contributed by atoms with Gasteiger partial charge in [-0.2, -0.15) is 0 Å². The van der Waals surface area contributed by atoms with E-state index in [1.54, 1.807) is 34.6 Å². The van der Waals surface area contributed by atoms with Crippen LogP contribution in [0.1, 0.15) is 57.4 Å². The normalized spacial score (nSPS) is 12.8. The molecule has 0 heterocycles. The predicted octanol–water partition coefficient (Wildman–Crippen LogP) is 3.20. The average molecular weight is 490 g/mol. The minimum absolute atomic E-state index is 0.0291. The monoisotopic (exact) mass is 489 g/mol. The van der Waals surface area contributed by atoms with E-state index >= 15 is 0 Å². The molecule has 0 bridgehead atoms. The third-order valence-corrected chi connectivity index (χ3v) is 4.97. The van der Waals surface area contributed by atoms with Crippen LogP contribution in [0.4, 0.5) is 4.79 Å². The van der Waals surface area contributed by atoms with Crippen molar-refractivity contribution in [3.63, 3.8) is 0 Å². The van der Waals surface area contributed by atoms with Crippen molar-refractivity contribution >= 4 is 23.9 Å². The lowest BCUT2D eigenvalue weighted by molar-refractivity contribution is -0.144. The minimum atomic E-state index is -1.08. The van der Waals surface area contributed by atoms with Crippen LogP contribution in [0.5, 0.6) is 0 Å². The van der Waals surface area contributed by atoms with Crippen LogP contribution in [0.3, 0.4) is 0 Å². The molecule has 0 aliphatic heterocycles. The first-order valence-electron chi connectivity index (χ1n) is 11.5. The van der Waals surface area contributed by atoms with Crippen molar-refractivity contribution in [2.75, 3.05) is 20.2 Å². The molecule has 1 aromatic carbocycles. The van der Waals surface area contributed by atoms with Crippen molar-refractivity contribution in [3.8, 4) is 0 Å². The standard InChI is InChI=1S/C26H39N3O6/c1-10-11-29(24(32)21(16(2)3)28-25(33)35-26(6,7)8)22(23(31)27-15-20(30)34-9)19-13-17(4)12-18(5)14-19/h10,12-14,16,21-22H,1,11,15H2,2-9H3,(H,27,31)(H,28,33). The van der Waals surface area contributed by atoms with Crippen LogP contribution in [0, 0.1) is 19.8 Å². The highest BCUT2D eigenvalue weighted by Crippen LogP contribution is 2.26. The fourth-order valence-corrected chi connectivity index (χ4v) is 3.56. The van der Waals surface area contributed by atoms with Gasteiger partial charge >= 0.3 is 12.1 Å². The minimum Gasteiger partial charge on any atom is -0.468 e. The van der Waals surface area contributed by atoms with Crippen LogP contribution < -0.4 is 10.6 Å². The molecule has 0 aliphatic rings. The van der Waals surface area contributed by atoms with E-state index < -0.39 is 41.6 Å². The Morgan fingerprint density at radius 1 is 1.09 bits per heavy atom. The maximum absolute atomic E-state index is 13.8. The number of nitrogens with one attached hydrogen (secondary N) is 2. The maximum Gasteiger partial charge on any atom is 0.408 e. The van der Waals surface area contributed by atoms with Gasteiger partial charge in [0.1, 0.15) is 24.2 Å². The second-order valence-electron chi connectivity index (χ2n) is 9.76. The smallest absolute Gasteiger partial charge is 0.408 e. The molecule has 0 saturated carbocycles. The Morgan fingerprint density at radius 3 is 2.11 bits per heavy atom. The zero-order valence-corrected chi connectivity index (χ0v) is 22.1. The summed E-state index contributed by atoms with van der Waals surface area (Å²) in [5, 5.41) is 5.20. The molecule has 2 unspecified atom stereocenters. The van der Waals surface area contributed by atoms with Gasteiger partial charge in [0.15, 0.2) is 0 Å². The second kappa shape index (κ2) is 12.9. The van der Waals surface area contributed by atoms with E-state index in [-0.39, 0.29) is 19.0 Å². The number of methoxy groups -OCH3 is 1. The number of benzene rings is 1. The summed E-state index contributed by atoms with van der Waals surface area (Å²) in [6.45, 7) is 16.0. The van der Waals surface area contributed by atoms with Crippen LogP contribution in [0.25, 0.3) is 0 Å². The van der Waals surface area contributed by atoms with Crippen LogP contribution in [-0.2, 0) is 23.9 Å². The highest BCUT2D eigenvalue weighted by molar-refractivity contribution is 5.93. The third-order valence-electron chi connectivity index (χ3n) is 4.97. The summed E-state index contributed by atoms with van der Waals surface area (Å²) in [4.78, 5) is 52.6. The zero-order valence-electron chi connectivity index (χ0n) is 22.1. The molecular weight excluding hydrogens is 450 g/mol. The van der Waals surface area contributed by atoms with E-state index in [2.05, 4.69) is 21.9 Å². The molecule has 0 saturated heterocycles. The Morgan fingerprint density at radius 2 is 1.66 bits per heavy atom. The van der Waals surface area contributed by atoms with Crippen molar-refractivity contribution in [2.24, 2.45) is 5.92 Å².